The Morgan fingerprint density at radius 2 is 1.70 bits per heavy atom. The second kappa shape index (κ2) is 5.08. The minimum atomic E-state index is -9.01. The largest absolute Gasteiger partial charge is 0.242 e. The molecular weight excluding hydrogens is 401 g/mol. The van der Waals surface area contributed by atoms with Crippen LogP contribution in [-0.2, 0) is 0 Å². The molecule has 0 atom stereocenters. The predicted molar refractivity (Wildman–Crippen MR) is 85.7 cm³/mol. The first kappa shape index (κ1) is 17.5. The molecule has 1 nitrogen and oxygen atoms in total. The van der Waals surface area contributed by atoms with Crippen LogP contribution >= 0.6 is 25.8 Å². The lowest BCUT2D eigenvalue weighted by Crippen LogP contribution is -2.12. The van der Waals surface area contributed by atoms with E-state index in [-0.39, 0.29) is 4.47 Å². The molecule has 8 heteroatoms. The third kappa shape index (κ3) is 3.92. The van der Waals surface area contributed by atoms with E-state index in [0.717, 1.165) is 24.4 Å². The van der Waals surface area contributed by atoms with Crippen LogP contribution in [0, 0.1) is 12.3 Å². The summed E-state index contributed by atoms with van der Waals surface area (Å²) in [6.45, 7) is 0. The molecule has 0 saturated carbocycles. The lowest BCUT2D eigenvalue weighted by Gasteiger charge is -2.45. The lowest BCUT2D eigenvalue weighted by atomic mass is 10.1. The Balaban J connectivity index is 2.55. The summed E-state index contributed by atoms with van der Waals surface area (Å²) in [4.78, 5) is 3.04. The number of hydrogen-bond acceptors (Lipinski definition) is 1. The van der Waals surface area contributed by atoms with Crippen molar-refractivity contribution in [1.82, 2.24) is 4.98 Å². The Bertz CT molecular complexity index is 816. The van der Waals surface area contributed by atoms with Gasteiger partial charge in [-0.2, -0.15) is 0 Å². The highest BCUT2D eigenvalue weighted by Gasteiger charge is 2.64. The van der Waals surface area contributed by atoms with Gasteiger partial charge in [-0.15, -0.1) is 22.0 Å². The molecule has 2 rings (SSSR count). The maximum absolute atomic E-state index is 14.1. The molecule has 0 spiro atoms. The Labute approximate surface area is 137 Å². The molecule has 0 amide bonds. The smallest absolute Gasteiger partial charge is 0.221 e. The molecule has 0 aliphatic carbocycles. The number of terminal acetylenes is 1. The molecule has 0 aliphatic rings. The maximum atomic E-state index is 14.1. The second-order valence-corrected chi connectivity index (χ2v) is 8.47. The van der Waals surface area contributed by atoms with Gasteiger partial charge in [0.25, 0.3) is 0 Å². The van der Waals surface area contributed by atoms with Gasteiger partial charge in [-0.1, -0.05) is 18.1 Å². The third-order valence-electron chi connectivity index (χ3n) is 2.81. The molecule has 122 valence electrons. The summed E-state index contributed by atoms with van der Waals surface area (Å²) in [5.41, 5.74) is -0.0695. The fourth-order valence-corrected chi connectivity index (χ4v) is 3.21. The molecule has 2 aromatic rings. The van der Waals surface area contributed by atoms with E-state index in [1.807, 2.05) is 0 Å². The van der Waals surface area contributed by atoms with E-state index in [0.29, 0.717) is 11.6 Å². The Morgan fingerprint density at radius 3 is 2.17 bits per heavy atom. The van der Waals surface area contributed by atoms with Crippen LogP contribution in [0.4, 0.5) is 19.9 Å². The number of aromatic nitrogens is 1. The average Bonchev–Trinajstić information content (AvgIpc) is 2.46. The molecule has 0 aliphatic heterocycles. The molecule has 0 unspecified atom stereocenters. The number of pyridine rings is 1. The van der Waals surface area contributed by atoms with E-state index < -0.39 is 31.7 Å². The number of benzene rings is 1. The number of halogens is 6. The molecule has 0 radical (unpaired) electrons. The van der Waals surface area contributed by atoms with Gasteiger partial charge in [-0.3, -0.25) is 0 Å². The Hall–Kier alpha value is -1.85. The lowest BCUT2D eigenvalue weighted by molar-refractivity contribution is 0.458. The summed E-state index contributed by atoms with van der Waals surface area (Å²) in [6.07, 6.45) is 5.90. The first-order valence-corrected chi connectivity index (χ1v) is 8.92. The molecule has 0 saturated heterocycles. The topological polar surface area (TPSA) is 12.9 Å². The first-order valence-electron chi connectivity index (χ1n) is 6.01. The van der Waals surface area contributed by atoms with Crippen LogP contribution in [0.5, 0.6) is 0 Å². The molecular formula is C15H9BrF5NS. The standard InChI is InChI=1S/C15H9BrF5NS/c1-2-11-3-5-12(6-4-11)14(17)10-23(18,19,20,21)15-8-7-13(16)9-22-15/h1,3-10H/b14-10-. The van der Waals surface area contributed by atoms with Crippen LogP contribution in [0.1, 0.15) is 11.1 Å². The van der Waals surface area contributed by atoms with Gasteiger partial charge in [-0.25, -0.2) is 9.37 Å². The van der Waals surface area contributed by atoms with Gasteiger partial charge < -0.3 is 0 Å². The maximum Gasteiger partial charge on any atom is 0.221 e. The van der Waals surface area contributed by atoms with E-state index in [1.54, 1.807) is 0 Å². The highest BCUT2D eigenvalue weighted by molar-refractivity contribution is 9.10. The summed E-state index contributed by atoms with van der Waals surface area (Å²) >= 11 is 2.90. The number of hydrogen-bond donors (Lipinski definition) is 0. The molecule has 0 bridgehead atoms. The number of rotatable bonds is 3. The van der Waals surface area contributed by atoms with Crippen LogP contribution < -0.4 is 0 Å². The van der Waals surface area contributed by atoms with E-state index in [1.165, 1.54) is 12.1 Å². The molecule has 0 N–H and O–H groups in total. The fourth-order valence-electron chi connectivity index (χ4n) is 1.68. The molecule has 1 aromatic carbocycles. The zero-order valence-electron chi connectivity index (χ0n) is 11.3. The zero-order valence-corrected chi connectivity index (χ0v) is 13.7. The van der Waals surface area contributed by atoms with Gasteiger partial charge in [0, 0.05) is 21.8 Å². The van der Waals surface area contributed by atoms with Gasteiger partial charge in [0.05, 0.1) is 5.41 Å². The minimum Gasteiger partial charge on any atom is -0.242 e. The fraction of sp³-hybridized carbons (Fsp3) is 0. The molecule has 1 aromatic heterocycles. The van der Waals surface area contributed by atoms with Crippen LogP contribution in [0.2, 0.25) is 0 Å². The van der Waals surface area contributed by atoms with E-state index in [2.05, 4.69) is 26.8 Å². The second-order valence-electron chi connectivity index (χ2n) is 4.63. The van der Waals surface area contributed by atoms with Crippen molar-refractivity contribution in [3.63, 3.8) is 0 Å². The van der Waals surface area contributed by atoms with Gasteiger partial charge in [0.2, 0.25) is 9.84 Å². The molecule has 0 fully saturated rings. The summed E-state index contributed by atoms with van der Waals surface area (Å²) < 4.78 is 70.6. The average molecular weight is 410 g/mol. The van der Waals surface area contributed by atoms with Crippen molar-refractivity contribution in [2.24, 2.45) is 0 Å². The van der Waals surface area contributed by atoms with Crippen LogP contribution in [0.15, 0.2) is 57.5 Å². The Kier molecular flexibility index (Phi) is 3.86. The van der Waals surface area contributed by atoms with E-state index in [4.69, 9.17) is 6.42 Å². The van der Waals surface area contributed by atoms with Crippen molar-refractivity contribution in [2.45, 2.75) is 5.03 Å². The highest BCUT2D eigenvalue weighted by Crippen LogP contribution is 3.01. The summed E-state index contributed by atoms with van der Waals surface area (Å²) in [5.74, 6) is 0.487. The van der Waals surface area contributed by atoms with Crippen molar-refractivity contribution in [3.05, 3.63) is 63.6 Å². The van der Waals surface area contributed by atoms with Gasteiger partial charge >= 0.3 is 0 Å². The van der Waals surface area contributed by atoms with Crippen molar-refractivity contribution >= 4 is 31.6 Å². The normalized spacial score (nSPS) is 15.4. The quantitative estimate of drug-likeness (QED) is 0.412. The van der Waals surface area contributed by atoms with Crippen molar-refractivity contribution in [1.29, 1.82) is 0 Å². The SMILES string of the molecule is C#Cc1ccc(/C(F)=C/S(F)(F)(F)(F)c2ccc(Br)cn2)cc1. The molecule has 1 heterocycles. The van der Waals surface area contributed by atoms with Crippen LogP contribution in [0.25, 0.3) is 5.83 Å². The van der Waals surface area contributed by atoms with E-state index >= 15 is 0 Å². The number of nitrogens with zero attached hydrogens (tertiary/aromatic N) is 1. The summed E-state index contributed by atoms with van der Waals surface area (Å²) in [5, 5.41) is -2.70. The third-order valence-corrected chi connectivity index (χ3v) is 5.07. The molecule has 23 heavy (non-hydrogen) atoms. The highest BCUT2D eigenvalue weighted by atomic mass is 79.9. The van der Waals surface area contributed by atoms with Gasteiger partial charge in [0.1, 0.15) is 5.83 Å². The van der Waals surface area contributed by atoms with Crippen LogP contribution in [0.3, 0.4) is 0 Å². The Morgan fingerprint density at radius 1 is 1.09 bits per heavy atom. The van der Waals surface area contributed by atoms with E-state index in [9.17, 15) is 19.9 Å². The van der Waals surface area contributed by atoms with Gasteiger partial charge in [0.15, 0.2) is 5.03 Å². The van der Waals surface area contributed by atoms with Crippen molar-refractivity contribution in [2.75, 3.05) is 0 Å². The minimum absolute atomic E-state index is 0.240. The van der Waals surface area contributed by atoms with Crippen molar-refractivity contribution in [3.8, 4) is 12.3 Å². The first-order chi connectivity index (χ1) is 10.4. The zero-order chi connectivity index (χ0) is 17.4. The predicted octanol–water partition coefficient (Wildman–Crippen LogP) is 6.57. The van der Waals surface area contributed by atoms with Crippen molar-refractivity contribution < 1.29 is 19.9 Å². The summed E-state index contributed by atoms with van der Waals surface area (Å²) in [6, 6.07) is 6.04. The van der Waals surface area contributed by atoms with Gasteiger partial charge in [-0.05, 0) is 40.2 Å². The van der Waals surface area contributed by atoms with Crippen LogP contribution in [-0.4, -0.2) is 4.98 Å². The monoisotopic (exact) mass is 409 g/mol. The summed E-state index contributed by atoms with van der Waals surface area (Å²) in [7, 11) is -9.01.